The molecule has 0 aliphatic carbocycles. The highest BCUT2D eigenvalue weighted by Crippen LogP contribution is 2.27. The first-order chi connectivity index (χ1) is 11.9. The summed E-state index contributed by atoms with van der Waals surface area (Å²) in [6, 6.07) is 12.2. The molecule has 1 heterocycles. The molecule has 1 unspecified atom stereocenters. The van der Waals surface area contributed by atoms with Crippen LogP contribution in [0.4, 0.5) is 5.69 Å². The summed E-state index contributed by atoms with van der Waals surface area (Å²) in [5.74, 6) is -0.688. The lowest BCUT2D eigenvalue weighted by Gasteiger charge is -2.17. The Bertz CT molecular complexity index is 826. The van der Waals surface area contributed by atoms with Crippen molar-refractivity contribution in [3.05, 3.63) is 63.1 Å². The SMILES string of the molecule is O=C(Nc1ccc(Cl)c(Cl)c1)C1CC(=O)N(Cc2ccccc2Cl)C1. The number of carbonyl (C=O) groups excluding carboxylic acids is 2. The van der Waals surface area contributed by atoms with Crippen molar-refractivity contribution in [2.24, 2.45) is 5.92 Å². The second-order valence-corrected chi connectivity index (χ2v) is 7.11. The van der Waals surface area contributed by atoms with Gasteiger partial charge in [-0.25, -0.2) is 0 Å². The summed E-state index contributed by atoms with van der Waals surface area (Å²) in [7, 11) is 0. The molecule has 1 saturated heterocycles. The molecular weight excluding hydrogens is 383 g/mol. The number of halogens is 3. The van der Waals surface area contributed by atoms with Crippen molar-refractivity contribution >= 4 is 52.3 Å². The molecule has 4 nitrogen and oxygen atoms in total. The summed E-state index contributed by atoms with van der Waals surface area (Å²) < 4.78 is 0. The van der Waals surface area contributed by atoms with Gasteiger partial charge in [0.2, 0.25) is 11.8 Å². The number of hydrogen-bond donors (Lipinski definition) is 1. The number of hydrogen-bond acceptors (Lipinski definition) is 2. The lowest BCUT2D eigenvalue weighted by molar-refractivity contribution is -0.128. The zero-order valence-corrected chi connectivity index (χ0v) is 15.4. The van der Waals surface area contributed by atoms with E-state index >= 15 is 0 Å². The third-order valence-corrected chi connectivity index (χ3v) is 5.20. The molecule has 2 aromatic rings. The van der Waals surface area contributed by atoms with Crippen LogP contribution in [0.2, 0.25) is 15.1 Å². The van der Waals surface area contributed by atoms with Crippen molar-refractivity contribution in [3.8, 4) is 0 Å². The van der Waals surface area contributed by atoms with Crippen molar-refractivity contribution in [3.63, 3.8) is 0 Å². The first-order valence-electron chi connectivity index (χ1n) is 7.71. The highest BCUT2D eigenvalue weighted by Gasteiger charge is 2.34. The Labute approximate surface area is 160 Å². The quantitative estimate of drug-likeness (QED) is 0.817. The number of carbonyl (C=O) groups is 2. The van der Waals surface area contributed by atoms with E-state index in [1.165, 1.54) is 0 Å². The Balaban J connectivity index is 1.64. The summed E-state index contributed by atoms with van der Waals surface area (Å²) in [5, 5.41) is 4.17. The van der Waals surface area contributed by atoms with E-state index in [1.54, 1.807) is 29.2 Å². The molecule has 0 spiro atoms. The molecule has 1 atom stereocenters. The van der Waals surface area contributed by atoms with E-state index in [0.29, 0.717) is 33.8 Å². The zero-order chi connectivity index (χ0) is 18.0. The van der Waals surface area contributed by atoms with Crippen LogP contribution in [-0.2, 0) is 16.1 Å². The van der Waals surface area contributed by atoms with Gasteiger partial charge in [0.05, 0.1) is 16.0 Å². The summed E-state index contributed by atoms with van der Waals surface area (Å²) in [6.07, 6.45) is 0.178. The summed E-state index contributed by atoms with van der Waals surface area (Å²) in [6.45, 7) is 0.756. The average molecular weight is 398 g/mol. The minimum absolute atomic E-state index is 0.0609. The van der Waals surface area contributed by atoms with Crippen LogP contribution in [0.15, 0.2) is 42.5 Å². The monoisotopic (exact) mass is 396 g/mol. The first-order valence-corrected chi connectivity index (χ1v) is 8.84. The van der Waals surface area contributed by atoms with E-state index in [4.69, 9.17) is 34.8 Å². The second kappa shape index (κ2) is 7.65. The zero-order valence-electron chi connectivity index (χ0n) is 13.1. The van der Waals surface area contributed by atoms with Crippen LogP contribution < -0.4 is 5.32 Å². The summed E-state index contributed by atoms with van der Waals surface area (Å²) in [5.41, 5.74) is 1.42. The van der Waals surface area contributed by atoms with Crippen molar-refractivity contribution in [2.75, 3.05) is 11.9 Å². The van der Waals surface area contributed by atoms with E-state index in [0.717, 1.165) is 5.56 Å². The van der Waals surface area contributed by atoms with E-state index in [2.05, 4.69) is 5.32 Å². The summed E-state index contributed by atoms with van der Waals surface area (Å²) >= 11 is 18.0. The molecule has 3 rings (SSSR count). The number of benzene rings is 2. The molecule has 0 saturated carbocycles. The van der Waals surface area contributed by atoms with Gasteiger partial charge in [-0.2, -0.15) is 0 Å². The van der Waals surface area contributed by atoms with Crippen LogP contribution in [0.25, 0.3) is 0 Å². The van der Waals surface area contributed by atoms with Gasteiger partial charge in [0.25, 0.3) is 0 Å². The predicted molar refractivity (Wildman–Crippen MR) is 100 cm³/mol. The Morgan fingerprint density at radius 1 is 1.08 bits per heavy atom. The molecule has 7 heteroatoms. The minimum atomic E-state index is -0.413. The third-order valence-electron chi connectivity index (χ3n) is 4.09. The molecule has 1 N–H and O–H groups in total. The minimum Gasteiger partial charge on any atom is -0.337 e. The smallest absolute Gasteiger partial charge is 0.229 e. The molecule has 25 heavy (non-hydrogen) atoms. The van der Waals surface area contributed by atoms with Crippen LogP contribution in [0, 0.1) is 5.92 Å². The van der Waals surface area contributed by atoms with E-state index in [-0.39, 0.29) is 18.2 Å². The molecule has 1 fully saturated rings. The second-order valence-electron chi connectivity index (χ2n) is 5.88. The predicted octanol–water partition coefficient (Wildman–Crippen LogP) is 4.63. The Morgan fingerprint density at radius 3 is 2.56 bits per heavy atom. The first kappa shape index (κ1) is 18.1. The van der Waals surface area contributed by atoms with E-state index < -0.39 is 5.92 Å². The maximum atomic E-state index is 12.4. The molecule has 2 aromatic carbocycles. The average Bonchev–Trinajstić information content (AvgIpc) is 2.94. The Hall–Kier alpha value is -1.75. The number of amides is 2. The molecule has 130 valence electrons. The largest absolute Gasteiger partial charge is 0.337 e. The lowest BCUT2D eigenvalue weighted by Crippen LogP contribution is -2.28. The number of likely N-dealkylation sites (tertiary alicyclic amines) is 1. The van der Waals surface area contributed by atoms with Gasteiger partial charge in [-0.3, -0.25) is 9.59 Å². The van der Waals surface area contributed by atoms with Gasteiger partial charge in [0, 0.05) is 30.2 Å². The van der Waals surface area contributed by atoms with Crippen molar-refractivity contribution in [2.45, 2.75) is 13.0 Å². The van der Waals surface area contributed by atoms with Crippen LogP contribution >= 0.6 is 34.8 Å². The molecule has 0 bridgehead atoms. The molecule has 0 aromatic heterocycles. The highest BCUT2D eigenvalue weighted by molar-refractivity contribution is 6.42. The standard InChI is InChI=1S/C18H15Cl3N2O2/c19-14-4-2-1-3-11(14)9-23-10-12(7-17(23)24)18(25)22-13-5-6-15(20)16(21)8-13/h1-6,8,12H,7,9-10H2,(H,22,25). The molecule has 2 amide bonds. The van der Waals surface area contributed by atoms with Crippen LogP contribution in [-0.4, -0.2) is 23.3 Å². The normalized spacial score (nSPS) is 17.0. The van der Waals surface area contributed by atoms with Crippen molar-refractivity contribution in [1.29, 1.82) is 0 Å². The maximum absolute atomic E-state index is 12.4. The number of rotatable bonds is 4. The van der Waals surface area contributed by atoms with Gasteiger partial charge < -0.3 is 10.2 Å². The maximum Gasteiger partial charge on any atom is 0.229 e. The number of anilines is 1. The highest BCUT2D eigenvalue weighted by atomic mass is 35.5. The van der Waals surface area contributed by atoms with Crippen LogP contribution in [0.1, 0.15) is 12.0 Å². The fourth-order valence-electron chi connectivity index (χ4n) is 2.75. The fourth-order valence-corrected chi connectivity index (χ4v) is 3.24. The number of nitrogens with zero attached hydrogens (tertiary/aromatic N) is 1. The summed E-state index contributed by atoms with van der Waals surface area (Å²) in [4.78, 5) is 26.3. The van der Waals surface area contributed by atoms with Crippen LogP contribution in [0.5, 0.6) is 0 Å². The van der Waals surface area contributed by atoms with Gasteiger partial charge >= 0.3 is 0 Å². The molecule has 1 aliphatic rings. The van der Waals surface area contributed by atoms with Crippen molar-refractivity contribution in [1.82, 2.24) is 4.90 Å². The van der Waals surface area contributed by atoms with Gasteiger partial charge in [0.15, 0.2) is 0 Å². The Morgan fingerprint density at radius 2 is 1.84 bits per heavy atom. The topological polar surface area (TPSA) is 49.4 Å². The lowest BCUT2D eigenvalue weighted by atomic mass is 10.1. The molecule has 1 aliphatic heterocycles. The van der Waals surface area contributed by atoms with Crippen LogP contribution in [0.3, 0.4) is 0 Å². The van der Waals surface area contributed by atoms with E-state index in [9.17, 15) is 9.59 Å². The van der Waals surface area contributed by atoms with Gasteiger partial charge in [0.1, 0.15) is 0 Å². The number of nitrogens with one attached hydrogen (secondary N) is 1. The van der Waals surface area contributed by atoms with Gasteiger partial charge in [-0.15, -0.1) is 0 Å². The third kappa shape index (κ3) is 4.27. The molecule has 0 radical (unpaired) electrons. The molecular formula is C18H15Cl3N2O2. The van der Waals surface area contributed by atoms with Gasteiger partial charge in [-0.05, 0) is 29.8 Å². The van der Waals surface area contributed by atoms with E-state index in [1.807, 2.05) is 18.2 Å². The van der Waals surface area contributed by atoms with Gasteiger partial charge in [-0.1, -0.05) is 53.0 Å². The Kier molecular flexibility index (Phi) is 5.52. The van der Waals surface area contributed by atoms with Crippen molar-refractivity contribution < 1.29 is 9.59 Å². The fraction of sp³-hybridized carbons (Fsp3) is 0.222.